The van der Waals surface area contributed by atoms with Gasteiger partial charge in [-0.05, 0) is 75.4 Å². The zero-order chi connectivity index (χ0) is 24.2. The summed E-state index contributed by atoms with van der Waals surface area (Å²) < 4.78 is 11.4. The maximum absolute atomic E-state index is 12.9. The molecule has 0 radical (unpaired) electrons. The van der Waals surface area contributed by atoms with Crippen molar-refractivity contribution >= 4 is 29.1 Å². The Bertz CT molecular complexity index is 1090. The van der Waals surface area contributed by atoms with Crippen LogP contribution < -0.4 is 19.7 Å². The first kappa shape index (κ1) is 23.6. The lowest BCUT2D eigenvalue weighted by atomic mass is 10.1. The molecule has 0 bridgehead atoms. The van der Waals surface area contributed by atoms with Gasteiger partial charge in [-0.25, -0.2) is 0 Å². The first-order chi connectivity index (χ1) is 16.3. The maximum Gasteiger partial charge on any atom is 0.268 e. The van der Waals surface area contributed by atoms with Crippen LogP contribution in [0.2, 0.25) is 0 Å². The van der Waals surface area contributed by atoms with Crippen LogP contribution in [-0.2, 0) is 14.4 Å². The van der Waals surface area contributed by atoms with Gasteiger partial charge < -0.3 is 19.7 Å². The van der Waals surface area contributed by atoms with Gasteiger partial charge in [-0.15, -0.1) is 0 Å². The fraction of sp³-hybridized carbons (Fsp3) is 0.423. The fourth-order valence-electron chi connectivity index (χ4n) is 4.25. The van der Waals surface area contributed by atoms with Crippen molar-refractivity contribution in [3.63, 3.8) is 0 Å². The molecule has 0 saturated carbocycles. The molecule has 0 aromatic heterocycles. The number of carbonyl (C=O) groups is 3. The van der Waals surface area contributed by atoms with Crippen molar-refractivity contribution in [2.75, 3.05) is 36.5 Å². The quantitative estimate of drug-likeness (QED) is 0.706. The molecule has 2 aliphatic rings. The van der Waals surface area contributed by atoms with E-state index in [0.29, 0.717) is 22.9 Å². The molecule has 4 rings (SSSR count). The number of carbonyl (C=O) groups excluding carboxylic acids is 3. The van der Waals surface area contributed by atoms with Crippen LogP contribution in [-0.4, -0.2) is 55.0 Å². The van der Waals surface area contributed by atoms with Crippen molar-refractivity contribution < 1.29 is 23.9 Å². The van der Waals surface area contributed by atoms with Crippen molar-refractivity contribution in [1.29, 1.82) is 0 Å². The highest BCUT2D eigenvalue weighted by Crippen LogP contribution is 2.36. The molecule has 8 nitrogen and oxygen atoms in total. The SMILES string of the molecule is Cc1cccc(OCC(=O)Nc2ccc3c(c2)N(CC(=O)N2CCCCC2)C(=O)C(C)O3)c1C. The second-order valence-electron chi connectivity index (χ2n) is 8.84. The molecule has 2 heterocycles. The van der Waals surface area contributed by atoms with Gasteiger partial charge in [0.2, 0.25) is 5.91 Å². The first-order valence-electron chi connectivity index (χ1n) is 11.7. The number of aryl methyl sites for hydroxylation is 1. The van der Waals surface area contributed by atoms with Gasteiger partial charge >= 0.3 is 0 Å². The third kappa shape index (κ3) is 5.16. The summed E-state index contributed by atoms with van der Waals surface area (Å²) in [6.45, 7) is 6.85. The summed E-state index contributed by atoms with van der Waals surface area (Å²) in [4.78, 5) is 41.5. The van der Waals surface area contributed by atoms with Gasteiger partial charge in [-0.2, -0.15) is 0 Å². The van der Waals surface area contributed by atoms with Gasteiger partial charge in [0.15, 0.2) is 12.7 Å². The lowest BCUT2D eigenvalue weighted by Gasteiger charge is -2.35. The number of hydrogen-bond acceptors (Lipinski definition) is 5. The normalized spacial score (nSPS) is 17.6. The van der Waals surface area contributed by atoms with E-state index in [1.807, 2.05) is 36.9 Å². The van der Waals surface area contributed by atoms with Gasteiger partial charge in [0.05, 0.1) is 5.69 Å². The summed E-state index contributed by atoms with van der Waals surface area (Å²) in [7, 11) is 0. The number of nitrogens with one attached hydrogen (secondary N) is 1. The zero-order valence-electron chi connectivity index (χ0n) is 19.9. The fourth-order valence-corrected chi connectivity index (χ4v) is 4.25. The van der Waals surface area contributed by atoms with Crippen LogP contribution in [0, 0.1) is 13.8 Å². The topological polar surface area (TPSA) is 88.2 Å². The minimum atomic E-state index is -0.687. The zero-order valence-corrected chi connectivity index (χ0v) is 19.9. The number of piperidine rings is 1. The van der Waals surface area contributed by atoms with Crippen LogP contribution in [0.4, 0.5) is 11.4 Å². The number of anilines is 2. The van der Waals surface area contributed by atoms with Crippen molar-refractivity contribution in [1.82, 2.24) is 4.90 Å². The lowest BCUT2D eigenvalue weighted by molar-refractivity contribution is -0.133. The molecule has 2 aromatic rings. The molecule has 8 heteroatoms. The Morgan fingerprint density at radius 2 is 1.88 bits per heavy atom. The number of hydrogen-bond donors (Lipinski definition) is 1. The molecule has 1 N–H and O–H groups in total. The minimum Gasteiger partial charge on any atom is -0.483 e. The molecule has 34 heavy (non-hydrogen) atoms. The molecule has 1 atom stereocenters. The van der Waals surface area contributed by atoms with E-state index in [1.54, 1.807) is 25.1 Å². The van der Waals surface area contributed by atoms with Gasteiger partial charge in [0.25, 0.3) is 11.8 Å². The highest BCUT2D eigenvalue weighted by Gasteiger charge is 2.34. The van der Waals surface area contributed by atoms with Gasteiger partial charge in [-0.3, -0.25) is 19.3 Å². The average Bonchev–Trinajstić information content (AvgIpc) is 2.83. The van der Waals surface area contributed by atoms with Crippen molar-refractivity contribution in [3.8, 4) is 11.5 Å². The number of ether oxygens (including phenoxy) is 2. The Morgan fingerprint density at radius 3 is 2.65 bits per heavy atom. The van der Waals surface area contributed by atoms with E-state index in [9.17, 15) is 14.4 Å². The van der Waals surface area contributed by atoms with Crippen LogP contribution >= 0.6 is 0 Å². The molecule has 1 unspecified atom stereocenters. The Balaban J connectivity index is 1.46. The largest absolute Gasteiger partial charge is 0.483 e. The molecule has 180 valence electrons. The Hall–Kier alpha value is -3.55. The number of benzene rings is 2. The predicted molar refractivity (Wildman–Crippen MR) is 129 cm³/mol. The summed E-state index contributed by atoms with van der Waals surface area (Å²) in [5, 5.41) is 2.81. The Morgan fingerprint density at radius 1 is 1.12 bits per heavy atom. The number of nitrogens with zero attached hydrogens (tertiary/aromatic N) is 2. The van der Waals surface area contributed by atoms with Gasteiger partial charge in [0, 0.05) is 18.8 Å². The van der Waals surface area contributed by atoms with E-state index < -0.39 is 6.10 Å². The lowest BCUT2D eigenvalue weighted by Crippen LogP contribution is -2.50. The highest BCUT2D eigenvalue weighted by molar-refractivity contribution is 6.04. The summed E-state index contributed by atoms with van der Waals surface area (Å²) in [5.41, 5.74) is 3.05. The molecule has 0 aliphatic carbocycles. The number of rotatable bonds is 6. The second-order valence-corrected chi connectivity index (χ2v) is 8.84. The first-order valence-corrected chi connectivity index (χ1v) is 11.7. The van der Waals surface area contributed by atoms with E-state index in [0.717, 1.165) is 43.5 Å². The smallest absolute Gasteiger partial charge is 0.268 e. The summed E-state index contributed by atoms with van der Waals surface area (Å²) in [6.07, 6.45) is 2.40. The number of amides is 3. The summed E-state index contributed by atoms with van der Waals surface area (Å²) in [5.74, 6) is 0.483. The van der Waals surface area contributed by atoms with Gasteiger partial charge in [-0.1, -0.05) is 12.1 Å². The van der Waals surface area contributed by atoms with E-state index in [1.165, 1.54) is 4.90 Å². The third-order valence-corrected chi connectivity index (χ3v) is 6.37. The molecular formula is C26H31N3O5. The summed E-state index contributed by atoms with van der Waals surface area (Å²) >= 11 is 0. The van der Waals surface area contributed by atoms with Crippen molar-refractivity contribution in [2.24, 2.45) is 0 Å². The Labute approximate surface area is 199 Å². The standard InChI is InChI=1S/C26H31N3O5/c1-17-8-7-9-22(18(17)2)33-16-24(30)27-20-10-11-23-21(14-20)29(26(32)19(3)34-23)15-25(31)28-12-5-4-6-13-28/h7-11,14,19H,4-6,12-13,15-16H2,1-3H3,(H,27,30). The van der Waals surface area contributed by atoms with Crippen LogP contribution in [0.3, 0.4) is 0 Å². The third-order valence-electron chi connectivity index (χ3n) is 6.37. The maximum atomic E-state index is 12.9. The molecular weight excluding hydrogens is 434 g/mol. The minimum absolute atomic E-state index is 0.0489. The van der Waals surface area contributed by atoms with Crippen LogP contribution in [0.25, 0.3) is 0 Å². The monoisotopic (exact) mass is 465 g/mol. The predicted octanol–water partition coefficient (Wildman–Crippen LogP) is 3.45. The second kappa shape index (κ2) is 10.2. The van der Waals surface area contributed by atoms with E-state index in [4.69, 9.17) is 9.47 Å². The molecule has 1 saturated heterocycles. The molecule has 3 amide bonds. The molecule has 1 fully saturated rings. The number of likely N-dealkylation sites (tertiary alicyclic amines) is 1. The highest BCUT2D eigenvalue weighted by atomic mass is 16.5. The summed E-state index contributed by atoms with van der Waals surface area (Å²) in [6, 6.07) is 10.8. The molecule has 2 aromatic carbocycles. The Kier molecular flexibility index (Phi) is 7.05. The van der Waals surface area contributed by atoms with Crippen LogP contribution in [0.5, 0.6) is 11.5 Å². The molecule has 0 spiro atoms. The molecule has 2 aliphatic heterocycles. The van der Waals surface area contributed by atoms with Crippen molar-refractivity contribution in [3.05, 3.63) is 47.5 Å². The van der Waals surface area contributed by atoms with Crippen molar-refractivity contribution in [2.45, 2.75) is 46.1 Å². The average molecular weight is 466 g/mol. The van der Waals surface area contributed by atoms with Crippen LogP contribution in [0.15, 0.2) is 36.4 Å². The van der Waals surface area contributed by atoms with Crippen LogP contribution in [0.1, 0.15) is 37.3 Å². The van der Waals surface area contributed by atoms with E-state index >= 15 is 0 Å². The van der Waals surface area contributed by atoms with Gasteiger partial charge in [0.1, 0.15) is 18.0 Å². The van der Waals surface area contributed by atoms with E-state index in [2.05, 4.69) is 5.32 Å². The number of fused-ring (bicyclic) bond motifs is 1. The van der Waals surface area contributed by atoms with E-state index in [-0.39, 0.29) is 30.9 Å².